The first-order valence-corrected chi connectivity index (χ1v) is 7.02. The Kier molecular flexibility index (Phi) is 4.57. The largest absolute Gasteiger partial charge is 0.472 e. The van der Waals surface area contributed by atoms with Crippen LogP contribution in [-0.4, -0.2) is 56.6 Å². The van der Waals surface area contributed by atoms with Crippen LogP contribution in [0.25, 0.3) is 0 Å². The number of thioether (sulfide) groups is 1. The summed E-state index contributed by atoms with van der Waals surface area (Å²) in [7, 11) is -4.73. The van der Waals surface area contributed by atoms with Crippen LogP contribution in [0.4, 0.5) is 0 Å². The van der Waals surface area contributed by atoms with Crippen LogP contribution >= 0.6 is 19.6 Å². The molecule has 0 spiro atoms. The molecule has 9 heteroatoms. The van der Waals surface area contributed by atoms with Crippen LogP contribution in [0.3, 0.4) is 0 Å². The first-order chi connectivity index (χ1) is 6.85. The minimum Gasteiger partial charge on any atom is -0.387 e. The summed E-state index contributed by atoms with van der Waals surface area (Å²) in [6, 6.07) is 0. The Bertz CT molecular complexity index is 256. The zero-order chi connectivity index (χ0) is 11.6. The van der Waals surface area contributed by atoms with Gasteiger partial charge in [0.1, 0.15) is 12.2 Å². The third-order valence-corrected chi connectivity index (χ3v) is 3.04. The molecule has 15 heavy (non-hydrogen) atoms. The smallest absolute Gasteiger partial charge is 0.387 e. The van der Waals surface area contributed by atoms with Gasteiger partial charge >= 0.3 is 7.82 Å². The number of phosphoric ester groups is 1. The van der Waals surface area contributed by atoms with E-state index in [1.165, 1.54) is 11.8 Å². The van der Waals surface area contributed by atoms with Crippen molar-refractivity contribution < 1.29 is 33.8 Å². The van der Waals surface area contributed by atoms with Gasteiger partial charge in [0.2, 0.25) is 0 Å². The molecule has 0 aliphatic carbocycles. The summed E-state index contributed by atoms with van der Waals surface area (Å²) in [5.41, 5.74) is 0. The van der Waals surface area contributed by atoms with Gasteiger partial charge in [0, 0.05) is 5.75 Å². The zero-order valence-electron chi connectivity index (χ0n) is 7.89. The Hall–Kier alpha value is 0.340. The van der Waals surface area contributed by atoms with Gasteiger partial charge in [-0.2, -0.15) is 11.8 Å². The Morgan fingerprint density at radius 2 is 2.00 bits per heavy atom. The summed E-state index contributed by atoms with van der Waals surface area (Å²) < 4.78 is 19.6. The topological polar surface area (TPSA) is 116 Å². The Labute approximate surface area is 90.6 Å². The van der Waals surface area contributed by atoms with Gasteiger partial charge in [-0.15, -0.1) is 0 Å². The van der Waals surface area contributed by atoms with E-state index >= 15 is 0 Å². The molecule has 0 bridgehead atoms. The molecule has 4 atom stereocenters. The van der Waals surface area contributed by atoms with E-state index in [1.807, 2.05) is 0 Å². The third-order valence-electron chi connectivity index (χ3n) is 1.89. The van der Waals surface area contributed by atoms with Crippen LogP contribution < -0.4 is 0 Å². The van der Waals surface area contributed by atoms with E-state index in [0.717, 1.165) is 0 Å². The minimum atomic E-state index is -4.73. The number of rotatable bonds is 4. The molecule has 7 nitrogen and oxygen atoms in total. The fourth-order valence-corrected chi connectivity index (χ4v) is 2.29. The Morgan fingerprint density at radius 3 is 2.47 bits per heavy atom. The van der Waals surface area contributed by atoms with Crippen LogP contribution in [0.15, 0.2) is 0 Å². The van der Waals surface area contributed by atoms with Crippen LogP contribution in [0.5, 0.6) is 0 Å². The Balaban J connectivity index is 2.59. The fraction of sp³-hybridized carbons (Fsp3) is 1.00. The molecule has 1 heterocycles. The highest BCUT2D eigenvalue weighted by Crippen LogP contribution is 2.41. The third kappa shape index (κ3) is 3.69. The molecule has 1 aliphatic heterocycles. The molecule has 1 fully saturated rings. The van der Waals surface area contributed by atoms with Crippen LogP contribution in [0.2, 0.25) is 0 Å². The number of ether oxygens (including phenoxy) is 1. The second kappa shape index (κ2) is 5.11. The van der Waals surface area contributed by atoms with Crippen molar-refractivity contribution in [2.75, 3.05) is 12.0 Å². The summed E-state index contributed by atoms with van der Waals surface area (Å²) in [5.74, 6) is 0.402. The maximum atomic E-state index is 10.5. The molecule has 1 aliphatic rings. The molecule has 0 aromatic carbocycles. The van der Waals surface area contributed by atoms with Crippen molar-refractivity contribution in [3.8, 4) is 0 Å². The summed E-state index contributed by atoms with van der Waals surface area (Å²) in [4.78, 5) is 17.0. The maximum absolute atomic E-state index is 10.5. The predicted molar refractivity (Wildman–Crippen MR) is 52.2 cm³/mol. The van der Waals surface area contributed by atoms with Crippen molar-refractivity contribution in [1.82, 2.24) is 0 Å². The first kappa shape index (κ1) is 13.4. The second-order valence-electron chi connectivity index (χ2n) is 3.08. The van der Waals surface area contributed by atoms with Crippen LogP contribution in [0.1, 0.15) is 0 Å². The molecule has 0 saturated carbocycles. The van der Waals surface area contributed by atoms with E-state index in [4.69, 9.17) is 14.5 Å². The van der Waals surface area contributed by atoms with E-state index in [2.05, 4.69) is 4.52 Å². The van der Waals surface area contributed by atoms with Gasteiger partial charge in [-0.3, -0.25) is 4.52 Å². The van der Waals surface area contributed by atoms with Gasteiger partial charge in [0.05, 0.1) is 6.10 Å². The number of phosphoric acid groups is 1. The number of hydrogen-bond acceptors (Lipinski definition) is 6. The molecule has 1 unspecified atom stereocenters. The van der Waals surface area contributed by atoms with E-state index < -0.39 is 32.4 Å². The van der Waals surface area contributed by atoms with Gasteiger partial charge in [-0.25, -0.2) is 4.57 Å². The van der Waals surface area contributed by atoms with E-state index in [-0.39, 0.29) is 0 Å². The fourth-order valence-electron chi connectivity index (χ4n) is 1.24. The van der Waals surface area contributed by atoms with Crippen molar-refractivity contribution in [2.45, 2.75) is 24.6 Å². The van der Waals surface area contributed by atoms with Crippen LogP contribution in [0, 0.1) is 0 Å². The van der Waals surface area contributed by atoms with Gasteiger partial charge in [-0.05, 0) is 6.26 Å². The van der Waals surface area contributed by atoms with E-state index in [9.17, 15) is 14.8 Å². The molecular weight excluding hydrogens is 247 g/mol. The van der Waals surface area contributed by atoms with E-state index in [0.29, 0.717) is 5.75 Å². The van der Waals surface area contributed by atoms with Crippen molar-refractivity contribution in [3.05, 3.63) is 0 Å². The predicted octanol–water partition coefficient (Wildman–Crippen LogP) is -1.09. The maximum Gasteiger partial charge on any atom is 0.472 e. The minimum absolute atomic E-state index is 0.402. The molecule has 0 radical (unpaired) electrons. The normalized spacial score (nSPS) is 37.1. The lowest BCUT2D eigenvalue weighted by Crippen LogP contribution is -2.33. The highest BCUT2D eigenvalue weighted by atomic mass is 32.2. The lowest BCUT2D eigenvalue weighted by molar-refractivity contribution is -0.116. The molecule has 4 N–H and O–H groups in total. The molecule has 90 valence electrons. The molecule has 0 aromatic rings. The quantitative estimate of drug-likeness (QED) is 0.471. The van der Waals surface area contributed by atoms with Gasteiger partial charge in [0.25, 0.3) is 0 Å². The van der Waals surface area contributed by atoms with Crippen LogP contribution in [-0.2, 0) is 13.8 Å². The monoisotopic (exact) mass is 260 g/mol. The molecular formula is C6H13O7PS. The summed E-state index contributed by atoms with van der Waals surface area (Å²) in [6.07, 6.45) is -3.05. The highest BCUT2D eigenvalue weighted by molar-refractivity contribution is 7.98. The average molecular weight is 260 g/mol. The molecule has 1 saturated heterocycles. The standard InChI is InChI=1S/C6H13O7PS/c1-15-2-3-4(7)5(8)6(12-3)13-14(9,10)11/h3-8H,2H2,1H3,(H2,9,10,11)/t3-,4?,5+,6-/m1/s1. The van der Waals surface area contributed by atoms with Crippen molar-refractivity contribution in [1.29, 1.82) is 0 Å². The summed E-state index contributed by atoms with van der Waals surface area (Å²) >= 11 is 1.38. The van der Waals surface area contributed by atoms with Gasteiger partial charge < -0.3 is 24.7 Å². The first-order valence-electron chi connectivity index (χ1n) is 4.09. The van der Waals surface area contributed by atoms with Crippen molar-refractivity contribution in [3.63, 3.8) is 0 Å². The average Bonchev–Trinajstić information content (AvgIpc) is 2.32. The van der Waals surface area contributed by atoms with Gasteiger partial charge in [-0.1, -0.05) is 0 Å². The van der Waals surface area contributed by atoms with Crippen molar-refractivity contribution >= 4 is 19.6 Å². The second-order valence-corrected chi connectivity index (χ2v) is 5.18. The highest BCUT2D eigenvalue weighted by Gasteiger charge is 2.45. The Morgan fingerprint density at radius 1 is 1.40 bits per heavy atom. The van der Waals surface area contributed by atoms with Crippen molar-refractivity contribution in [2.24, 2.45) is 0 Å². The lowest BCUT2D eigenvalue weighted by atomic mass is 10.2. The number of hydrogen-bond donors (Lipinski definition) is 4. The number of aliphatic hydroxyl groups is 2. The number of aliphatic hydroxyl groups excluding tert-OH is 2. The zero-order valence-corrected chi connectivity index (χ0v) is 9.60. The summed E-state index contributed by atoms with van der Waals surface area (Å²) in [5, 5.41) is 18.8. The SMILES string of the molecule is CSC[C@H]1O[C@H](OP(=O)(O)O)[C@@H](O)C1O. The van der Waals surface area contributed by atoms with Gasteiger partial charge in [0.15, 0.2) is 6.29 Å². The van der Waals surface area contributed by atoms with E-state index in [1.54, 1.807) is 6.26 Å². The molecule has 0 aromatic heterocycles. The summed E-state index contributed by atoms with van der Waals surface area (Å²) in [6.45, 7) is 0. The lowest BCUT2D eigenvalue weighted by Gasteiger charge is -2.15. The molecule has 1 rings (SSSR count). The molecule has 0 amide bonds.